The fourth-order valence-electron chi connectivity index (χ4n) is 2.70. The summed E-state index contributed by atoms with van der Waals surface area (Å²) in [6.45, 7) is 0. The molecule has 1 aromatic rings. The summed E-state index contributed by atoms with van der Waals surface area (Å²) in [7, 11) is 1.51. The van der Waals surface area contributed by atoms with E-state index in [1.54, 1.807) is 6.07 Å². The van der Waals surface area contributed by atoms with E-state index in [-0.39, 0.29) is 17.8 Å². The van der Waals surface area contributed by atoms with Crippen molar-refractivity contribution in [3.05, 3.63) is 28.3 Å². The Bertz CT molecular complexity index is 555. The molecule has 1 aromatic carbocycles. The second-order valence-electron chi connectivity index (χ2n) is 5.28. The summed E-state index contributed by atoms with van der Waals surface area (Å²) in [4.78, 5) is 21.0. The third-order valence-electron chi connectivity index (χ3n) is 3.81. The van der Waals surface area contributed by atoms with Gasteiger partial charge in [0.1, 0.15) is 5.75 Å². The number of anilines is 1. The summed E-state index contributed by atoms with van der Waals surface area (Å²) < 4.78 is 5.22. The first-order chi connectivity index (χ1) is 10.5. The number of hydrogen-bond donors (Lipinski definition) is 3. The number of amides is 1. The van der Waals surface area contributed by atoms with Crippen LogP contribution in [0.25, 0.3) is 0 Å². The van der Waals surface area contributed by atoms with E-state index in [1.807, 2.05) is 0 Å². The number of benzene rings is 1. The summed E-state index contributed by atoms with van der Waals surface area (Å²) in [6, 6.07) is 4.54. The highest BCUT2D eigenvalue weighted by atomic mass is 16.6. The first kappa shape index (κ1) is 15.9. The molecule has 1 amide bonds. The van der Waals surface area contributed by atoms with Crippen LogP contribution in [0.15, 0.2) is 18.2 Å². The van der Waals surface area contributed by atoms with E-state index >= 15 is 0 Å². The molecular weight excluding hydrogens is 290 g/mol. The van der Waals surface area contributed by atoms with Gasteiger partial charge in [-0.05, 0) is 31.7 Å². The molecule has 120 valence electrons. The molecule has 0 aliphatic heterocycles. The molecular formula is C14H19N3O5. The summed E-state index contributed by atoms with van der Waals surface area (Å²) >= 11 is 0. The molecule has 2 rings (SSSR count). The van der Waals surface area contributed by atoms with E-state index in [4.69, 9.17) is 9.84 Å². The summed E-state index contributed by atoms with van der Waals surface area (Å²) in [5, 5.41) is 25.3. The Hall–Kier alpha value is -2.51. The molecule has 0 unspecified atom stereocenters. The second kappa shape index (κ2) is 6.97. The van der Waals surface area contributed by atoms with Gasteiger partial charge in [-0.25, -0.2) is 4.79 Å². The van der Waals surface area contributed by atoms with E-state index < -0.39 is 11.0 Å². The topological polar surface area (TPSA) is 114 Å². The van der Waals surface area contributed by atoms with Gasteiger partial charge in [-0.2, -0.15) is 0 Å². The summed E-state index contributed by atoms with van der Waals surface area (Å²) in [5.74, 6) is 0.552. The SMILES string of the molecule is COc1ccc([N+](=O)[O-])cc1NC1CCC(NC(=O)O)CC1. The number of hydrogen-bond acceptors (Lipinski definition) is 5. The van der Waals surface area contributed by atoms with Gasteiger partial charge in [-0.15, -0.1) is 0 Å². The minimum Gasteiger partial charge on any atom is -0.495 e. The van der Waals surface area contributed by atoms with Crippen molar-refractivity contribution >= 4 is 17.5 Å². The molecule has 0 saturated heterocycles. The highest BCUT2D eigenvalue weighted by Crippen LogP contribution is 2.31. The van der Waals surface area contributed by atoms with Crippen LogP contribution in [0.2, 0.25) is 0 Å². The first-order valence-electron chi connectivity index (χ1n) is 7.08. The van der Waals surface area contributed by atoms with Crippen molar-refractivity contribution in [2.24, 2.45) is 0 Å². The molecule has 0 aromatic heterocycles. The predicted molar refractivity (Wildman–Crippen MR) is 80.5 cm³/mol. The Labute approximate surface area is 127 Å². The van der Waals surface area contributed by atoms with Crippen molar-refractivity contribution in [1.82, 2.24) is 5.32 Å². The van der Waals surface area contributed by atoms with E-state index in [0.717, 1.165) is 25.7 Å². The minimum atomic E-state index is -1.00. The Kier molecular flexibility index (Phi) is 5.03. The first-order valence-corrected chi connectivity index (χ1v) is 7.08. The average molecular weight is 309 g/mol. The maximum absolute atomic E-state index is 10.9. The van der Waals surface area contributed by atoms with Crippen molar-refractivity contribution in [2.45, 2.75) is 37.8 Å². The number of carboxylic acid groups (broad SMARTS) is 1. The zero-order chi connectivity index (χ0) is 16.1. The van der Waals surface area contributed by atoms with Crippen LogP contribution in [0, 0.1) is 10.1 Å². The monoisotopic (exact) mass is 309 g/mol. The number of carbonyl (C=O) groups is 1. The number of nitro groups is 1. The number of nitrogens with one attached hydrogen (secondary N) is 2. The van der Waals surface area contributed by atoms with Crippen LogP contribution in [0.5, 0.6) is 5.75 Å². The molecule has 1 saturated carbocycles. The molecule has 0 spiro atoms. The molecule has 1 aliphatic rings. The van der Waals surface area contributed by atoms with Crippen LogP contribution < -0.4 is 15.4 Å². The Morgan fingerprint density at radius 2 is 1.95 bits per heavy atom. The van der Waals surface area contributed by atoms with Gasteiger partial charge < -0.3 is 20.5 Å². The lowest BCUT2D eigenvalue weighted by atomic mass is 9.91. The van der Waals surface area contributed by atoms with Crippen molar-refractivity contribution < 1.29 is 19.6 Å². The fraction of sp³-hybridized carbons (Fsp3) is 0.500. The quantitative estimate of drug-likeness (QED) is 0.569. The molecule has 0 radical (unpaired) electrons. The van der Waals surface area contributed by atoms with Crippen molar-refractivity contribution in [3.63, 3.8) is 0 Å². The Balaban J connectivity index is 2.00. The molecule has 8 nitrogen and oxygen atoms in total. The van der Waals surface area contributed by atoms with Gasteiger partial charge in [0.2, 0.25) is 0 Å². The smallest absolute Gasteiger partial charge is 0.404 e. The lowest BCUT2D eigenvalue weighted by molar-refractivity contribution is -0.384. The molecule has 22 heavy (non-hydrogen) atoms. The van der Waals surface area contributed by atoms with E-state index in [9.17, 15) is 14.9 Å². The van der Waals surface area contributed by atoms with E-state index in [2.05, 4.69) is 10.6 Å². The maximum atomic E-state index is 10.9. The largest absolute Gasteiger partial charge is 0.495 e. The van der Waals surface area contributed by atoms with Gasteiger partial charge in [-0.3, -0.25) is 10.1 Å². The van der Waals surface area contributed by atoms with Gasteiger partial charge in [0.15, 0.2) is 0 Å². The lowest BCUT2D eigenvalue weighted by Gasteiger charge is -2.29. The van der Waals surface area contributed by atoms with Crippen LogP contribution in [0.1, 0.15) is 25.7 Å². The van der Waals surface area contributed by atoms with Gasteiger partial charge in [0.05, 0.1) is 17.7 Å². The van der Waals surface area contributed by atoms with Crippen LogP contribution in [0.4, 0.5) is 16.2 Å². The molecule has 1 aliphatic carbocycles. The van der Waals surface area contributed by atoms with Crippen molar-refractivity contribution in [3.8, 4) is 5.75 Å². The van der Waals surface area contributed by atoms with Gasteiger partial charge in [0, 0.05) is 24.2 Å². The molecule has 1 fully saturated rings. The van der Waals surface area contributed by atoms with Gasteiger partial charge >= 0.3 is 6.09 Å². The number of non-ortho nitro benzene ring substituents is 1. The molecule has 0 heterocycles. The van der Waals surface area contributed by atoms with Crippen LogP contribution in [-0.2, 0) is 0 Å². The van der Waals surface area contributed by atoms with Crippen molar-refractivity contribution in [2.75, 3.05) is 12.4 Å². The number of ether oxygens (including phenoxy) is 1. The zero-order valence-electron chi connectivity index (χ0n) is 12.2. The summed E-state index contributed by atoms with van der Waals surface area (Å²) in [5.41, 5.74) is 0.593. The average Bonchev–Trinajstić information content (AvgIpc) is 2.48. The van der Waals surface area contributed by atoms with Crippen LogP contribution >= 0.6 is 0 Å². The fourth-order valence-corrected chi connectivity index (χ4v) is 2.70. The van der Waals surface area contributed by atoms with E-state index in [1.165, 1.54) is 19.2 Å². The number of methoxy groups -OCH3 is 1. The van der Waals surface area contributed by atoms with Crippen molar-refractivity contribution in [1.29, 1.82) is 0 Å². The second-order valence-corrected chi connectivity index (χ2v) is 5.28. The normalized spacial score (nSPS) is 21.0. The van der Waals surface area contributed by atoms with Gasteiger partial charge in [0.25, 0.3) is 5.69 Å². The summed E-state index contributed by atoms with van der Waals surface area (Å²) in [6.07, 6.45) is 2.05. The van der Waals surface area contributed by atoms with Crippen LogP contribution in [-0.4, -0.2) is 35.3 Å². The molecule has 0 atom stereocenters. The standard InChI is InChI=1S/C14H19N3O5/c1-22-13-7-6-11(17(20)21)8-12(13)15-9-2-4-10(5-3-9)16-14(18)19/h6-10,15-16H,2-5H2,1H3,(H,18,19). The Morgan fingerprint density at radius 1 is 1.32 bits per heavy atom. The molecule has 3 N–H and O–H groups in total. The minimum absolute atomic E-state index is 0.00419. The molecule has 0 bridgehead atoms. The molecule has 8 heteroatoms. The number of nitrogens with zero attached hydrogens (tertiary/aromatic N) is 1. The third kappa shape index (κ3) is 4.00. The highest BCUT2D eigenvalue weighted by Gasteiger charge is 2.23. The van der Waals surface area contributed by atoms with Crippen LogP contribution in [0.3, 0.4) is 0 Å². The van der Waals surface area contributed by atoms with E-state index in [0.29, 0.717) is 11.4 Å². The lowest BCUT2D eigenvalue weighted by Crippen LogP contribution is -2.39. The predicted octanol–water partition coefficient (Wildman–Crippen LogP) is 2.59. The zero-order valence-corrected chi connectivity index (χ0v) is 12.2. The number of nitro benzene ring substituents is 1. The van der Waals surface area contributed by atoms with Gasteiger partial charge in [-0.1, -0.05) is 0 Å². The number of rotatable bonds is 5. The highest BCUT2D eigenvalue weighted by molar-refractivity contribution is 5.65. The maximum Gasteiger partial charge on any atom is 0.404 e. The third-order valence-corrected chi connectivity index (χ3v) is 3.81. The Morgan fingerprint density at radius 3 is 2.50 bits per heavy atom.